The van der Waals surface area contributed by atoms with Crippen molar-refractivity contribution in [1.29, 1.82) is 0 Å². The predicted octanol–water partition coefficient (Wildman–Crippen LogP) is 6.10. The first kappa shape index (κ1) is 49.2. The molecule has 12 nitrogen and oxygen atoms in total. The molecule has 2 fully saturated rings. The number of rotatable bonds is 34. The maximum Gasteiger partial charge on any atom is 0.305 e. The lowest BCUT2D eigenvalue weighted by Crippen LogP contribution is -2.62. The number of aliphatic hydroxyl groups excluding tert-OH is 7. The average Bonchev–Trinajstić information content (AvgIpc) is 3.41. The van der Waals surface area contributed by atoms with Crippen molar-refractivity contribution in [3.8, 4) is 0 Å². The lowest BCUT2D eigenvalue weighted by molar-refractivity contribution is -0.383. The van der Waals surface area contributed by atoms with Gasteiger partial charge in [-0.05, 0) is 6.42 Å². The first-order valence-corrected chi connectivity index (χ1v) is 22.0. The molecule has 0 aromatic carbocycles. The first-order chi connectivity index (χ1) is 26.2. The first-order valence-electron chi connectivity index (χ1n) is 22.0. The van der Waals surface area contributed by atoms with Gasteiger partial charge in [0.1, 0.15) is 49.3 Å². The van der Waals surface area contributed by atoms with Crippen LogP contribution in [0.4, 0.5) is 0 Å². The molecule has 0 spiro atoms. The second-order valence-electron chi connectivity index (χ2n) is 16.0. The van der Waals surface area contributed by atoms with Crippen molar-refractivity contribution in [1.82, 2.24) is 0 Å². The molecule has 7 N–H and O–H groups in total. The van der Waals surface area contributed by atoms with E-state index in [0.29, 0.717) is 6.42 Å². The largest absolute Gasteiger partial charge is 0.460 e. The minimum Gasteiger partial charge on any atom is -0.460 e. The average molecular weight is 777 g/mol. The van der Waals surface area contributed by atoms with Crippen LogP contribution in [0.2, 0.25) is 0 Å². The van der Waals surface area contributed by atoms with Crippen LogP contribution in [0.1, 0.15) is 187 Å². The molecule has 0 saturated carbocycles. The second kappa shape index (κ2) is 30.2. The van der Waals surface area contributed by atoms with Gasteiger partial charge in [0.05, 0.1) is 13.2 Å². The number of hydrogen-bond acceptors (Lipinski definition) is 12. The number of hydrogen-bond donors (Lipinski definition) is 7. The zero-order valence-electron chi connectivity index (χ0n) is 33.7. The van der Waals surface area contributed by atoms with Crippen LogP contribution < -0.4 is 0 Å². The number of carbonyl (C=O) groups excluding carboxylic acids is 1. The Kier molecular flexibility index (Phi) is 27.5. The van der Waals surface area contributed by atoms with Crippen molar-refractivity contribution >= 4 is 5.97 Å². The van der Waals surface area contributed by atoms with Gasteiger partial charge < -0.3 is 54.7 Å². The Hall–Kier alpha value is -0.930. The van der Waals surface area contributed by atoms with Gasteiger partial charge in [0.25, 0.3) is 0 Å². The number of aliphatic hydroxyl groups is 7. The predicted molar refractivity (Wildman–Crippen MR) is 207 cm³/mol. The third-order valence-electron chi connectivity index (χ3n) is 11.3. The van der Waals surface area contributed by atoms with Crippen LogP contribution in [-0.4, -0.2) is 116 Å². The lowest BCUT2D eigenvalue weighted by Gasteiger charge is -2.43. The second-order valence-corrected chi connectivity index (χ2v) is 16.0. The highest BCUT2D eigenvalue weighted by Gasteiger charge is 2.59. The monoisotopic (exact) mass is 777 g/mol. The fourth-order valence-electron chi connectivity index (χ4n) is 7.63. The Labute approximate surface area is 326 Å². The van der Waals surface area contributed by atoms with Gasteiger partial charge in [0.15, 0.2) is 6.29 Å². The SMILES string of the molecule is CCCCCCCCCCCCCCCCCCCCCCCCCCCCCC(=O)OC[C@@]1(O[C@H]2O[C@H](CO)[C@@H](O)[C@H](O)[C@H]2O)O[C@H](CO)[C@@H](O)[C@@H]1O. The van der Waals surface area contributed by atoms with E-state index < -0.39 is 80.6 Å². The number of ether oxygens (including phenoxy) is 4. The van der Waals surface area contributed by atoms with E-state index in [1.54, 1.807) is 0 Å². The molecule has 2 rings (SSSR count). The number of carbonyl (C=O) groups is 1. The standard InChI is InChI=1S/C42H80O12/c1-2-3-4-5-6-7-8-9-10-11-12-13-14-15-16-17-18-19-20-21-22-23-24-25-26-27-28-29-35(45)51-32-42(40(50)37(47)34(31-44)53-42)54-41-39(49)38(48)36(46)33(30-43)52-41/h33-34,36-41,43-44,46-50H,2-32H2,1H3/t33-,34-,36-,37-,38+,39-,40+,41-,42+/m1/s1. The Morgan fingerprint density at radius 3 is 1.28 bits per heavy atom. The molecule has 0 radical (unpaired) electrons. The topological polar surface area (TPSA) is 196 Å². The van der Waals surface area contributed by atoms with E-state index >= 15 is 0 Å². The quantitative estimate of drug-likeness (QED) is 0.0294. The van der Waals surface area contributed by atoms with Crippen LogP contribution in [0.25, 0.3) is 0 Å². The van der Waals surface area contributed by atoms with Crippen LogP contribution in [0, 0.1) is 0 Å². The lowest BCUT2D eigenvalue weighted by atomic mass is 9.99. The smallest absolute Gasteiger partial charge is 0.305 e. The minimum atomic E-state index is -2.25. The van der Waals surface area contributed by atoms with E-state index in [-0.39, 0.29) is 6.42 Å². The fourth-order valence-corrected chi connectivity index (χ4v) is 7.63. The highest BCUT2D eigenvalue weighted by molar-refractivity contribution is 5.69. The highest BCUT2D eigenvalue weighted by atomic mass is 16.8. The zero-order chi connectivity index (χ0) is 39.4. The Bertz CT molecular complexity index is 909. The van der Waals surface area contributed by atoms with Crippen LogP contribution in [0.5, 0.6) is 0 Å². The van der Waals surface area contributed by atoms with Crippen LogP contribution in [0.15, 0.2) is 0 Å². The van der Waals surface area contributed by atoms with Crippen molar-refractivity contribution in [2.45, 2.75) is 242 Å². The highest BCUT2D eigenvalue weighted by Crippen LogP contribution is 2.37. The fraction of sp³-hybridized carbons (Fsp3) is 0.976. The maximum atomic E-state index is 12.6. The third kappa shape index (κ3) is 19.0. The number of unbranched alkanes of at least 4 members (excludes halogenated alkanes) is 26. The molecule has 320 valence electrons. The van der Waals surface area contributed by atoms with Gasteiger partial charge >= 0.3 is 5.97 Å². The Morgan fingerprint density at radius 1 is 0.519 bits per heavy atom. The van der Waals surface area contributed by atoms with Crippen molar-refractivity contribution in [3.63, 3.8) is 0 Å². The van der Waals surface area contributed by atoms with Crippen molar-refractivity contribution < 1.29 is 59.5 Å². The summed E-state index contributed by atoms with van der Waals surface area (Å²) in [5.41, 5.74) is 0. The molecule has 0 amide bonds. The summed E-state index contributed by atoms with van der Waals surface area (Å²) >= 11 is 0. The van der Waals surface area contributed by atoms with Gasteiger partial charge in [-0.25, -0.2) is 0 Å². The molecule has 2 aliphatic rings. The number of esters is 1. The van der Waals surface area contributed by atoms with Crippen molar-refractivity contribution in [3.05, 3.63) is 0 Å². The molecular formula is C42H80O12. The van der Waals surface area contributed by atoms with Gasteiger partial charge in [0, 0.05) is 6.42 Å². The van der Waals surface area contributed by atoms with Crippen LogP contribution >= 0.6 is 0 Å². The molecule has 2 heterocycles. The van der Waals surface area contributed by atoms with Crippen LogP contribution in [-0.2, 0) is 23.7 Å². The van der Waals surface area contributed by atoms with Crippen molar-refractivity contribution in [2.24, 2.45) is 0 Å². The minimum absolute atomic E-state index is 0.123. The molecule has 0 unspecified atom stereocenters. The summed E-state index contributed by atoms with van der Waals surface area (Å²) in [7, 11) is 0. The summed E-state index contributed by atoms with van der Waals surface area (Å²) in [6.07, 6.45) is 22.4. The van der Waals surface area contributed by atoms with Gasteiger partial charge in [0.2, 0.25) is 5.79 Å². The molecule has 0 aromatic heterocycles. The zero-order valence-corrected chi connectivity index (χ0v) is 33.7. The summed E-state index contributed by atoms with van der Waals surface area (Å²) in [4.78, 5) is 12.6. The summed E-state index contributed by atoms with van der Waals surface area (Å²) in [5.74, 6) is -2.83. The Morgan fingerprint density at radius 2 is 0.907 bits per heavy atom. The van der Waals surface area contributed by atoms with Crippen LogP contribution in [0.3, 0.4) is 0 Å². The normalized spacial score (nSPS) is 28.5. The molecule has 12 heteroatoms. The van der Waals surface area contributed by atoms with Gasteiger partial charge in [-0.15, -0.1) is 0 Å². The molecule has 0 aromatic rings. The van der Waals surface area contributed by atoms with E-state index in [0.717, 1.165) is 19.3 Å². The summed E-state index contributed by atoms with van der Waals surface area (Å²) in [6.45, 7) is 0.182. The molecule has 2 aliphatic heterocycles. The van der Waals surface area contributed by atoms with E-state index in [2.05, 4.69) is 6.92 Å². The van der Waals surface area contributed by atoms with Gasteiger partial charge in [-0.3, -0.25) is 4.79 Å². The van der Waals surface area contributed by atoms with Crippen molar-refractivity contribution in [2.75, 3.05) is 19.8 Å². The van der Waals surface area contributed by atoms with E-state index in [1.807, 2.05) is 0 Å². The van der Waals surface area contributed by atoms with E-state index in [9.17, 15) is 40.5 Å². The van der Waals surface area contributed by atoms with E-state index in [1.165, 1.54) is 148 Å². The Balaban J connectivity index is 1.43. The molecule has 0 bridgehead atoms. The van der Waals surface area contributed by atoms with Gasteiger partial charge in [-0.1, -0.05) is 174 Å². The van der Waals surface area contributed by atoms with E-state index in [4.69, 9.17) is 18.9 Å². The molecule has 54 heavy (non-hydrogen) atoms. The summed E-state index contributed by atoms with van der Waals surface area (Å²) in [5, 5.41) is 70.8. The molecule has 2 saturated heterocycles. The molecular weight excluding hydrogens is 696 g/mol. The van der Waals surface area contributed by atoms with Gasteiger partial charge in [-0.2, -0.15) is 0 Å². The third-order valence-corrected chi connectivity index (χ3v) is 11.3. The summed E-state index contributed by atoms with van der Waals surface area (Å²) < 4.78 is 21.9. The maximum absolute atomic E-state index is 12.6. The molecule has 9 atom stereocenters. The molecule has 0 aliphatic carbocycles. The summed E-state index contributed by atoms with van der Waals surface area (Å²) in [6, 6.07) is 0.